The topological polar surface area (TPSA) is 110 Å². The van der Waals surface area contributed by atoms with Gasteiger partial charge in [0.25, 0.3) is 10.0 Å². The zero-order chi connectivity index (χ0) is 27.9. The number of sulfonamides is 1. The van der Waals surface area contributed by atoms with Crippen molar-refractivity contribution in [1.29, 1.82) is 0 Å². The number of nitrogens with one attached hydrogen (secondary N) is 1. The molecule has 1 N–H and O–H groups in total. The summed E-state index contributed by atoms with van der Waals surface area (Å²) in [5, 5.41) is 3.93. The molecule has 1 aliphatic rings. The van der Waals surface area contributed by atoms with Gasteiger partial charge in [-0.25, -0.2) is 13.4 Å². The summed E-state index contributed by atoms with van der Waals surface area (Å²) in [6.45, 7) is 9.26. The second kappa shape index (κ2) is 10.2. The van der Waals surface area contributed by atoms with Crippen molar-refractivity contribution in [3.05, 3.63) is 58.7 Å². The quantitative estimate of drug-likeness (QED) is 0.439. The van der Waals surface area contributed by atoms with Crippen molar-refractivity contribution in [2.45, 2.75) is 70.1 Å². The molecule has 0 fully saturated rings. The molecule has 1 aromatic carbocycles. The second-order valence-corrected chi connectivity index (χ2v) is 12.0. The van der Waals surface area contributed by atoms with E-state index in [1.54, 1.807) is 19.1 Å². The van der Waals surface area contributed by atoms with Crippen LogP contribution in [-0.4, -0.2) is 47.8 Å². The van der Waals surface area contributed by atoms with Gasteiger partial charge < -0.3 is 9.26 Å². The third-order valence-electron chi connectivity index (χ3n) is 6.37. The molecule has 3 heterocycles. The maximum absolute atomic E-state index is 13.2. The van der Waals surface area contributed by atoms with Crippen LogP contribution in [0, 0.1) is 6.92 Å². The third-order valence-corrected chi connectivity index (χ3v) is 7.71. The fourth-order valence-electron chi connectivity index (χ4n) is 4.33. The van der Waals surface area contributed by atoms with E-state index in [9.17, 15) is 21.6 Å². The fourth-order valence-corrected chi connectivity index (χ4v) is 5.44. The Morgan fingerprint density at radius 2 is 1.89 bits per heavy atom. The summed E-state index contributed by atoms with van der Waals surface area (Å²) in [4.78, 5) is 10.4. The number of nitrogens with zero attached hydrogens (tertiary/aromatic N) is 4. The first kappa shape index (κ1) is 27.8. The molecule has 0 radical (unpaired) electrons. The lowest BCUT2D eigenvalue weighted by atomic mass is 9.91. The van der Waals surface area contributed by atoms with Gasteiger partial charge in [-0.15, -0.1) is 0 Å². The molecule has 9 nitrogen and oxygen atoms in total. The van der Waals surface area contributed by atoms with Crippen LogP contribution in [0.25, 0.3) is 0 Å². The van der Waals surface area contributed by atoms with E-state index in [0.29, 0.717) is 36.5 Å². The molecule has 0 amide bonds. The smallest absolute Gasteiger partial charge is 0.422 e. The molecule has 0 spiro atoms. The number of fused-ring (bicyclic) bond motifs is 1. The predicted molar refractivity (Wildman–Crippen MR) is 133 cm³/mol. The van der Waals surface area contributed by atoms with Gasteiger partial charge in [0.15, 0.2) is 12.4 Å². The van der Waals surface area contributed by atoms with Crippen molar-refractivity contribution in [3.63, 3.8) is 0 Å². The summed E-state index contributed by atoms with van der Waals surface area (Å²) in [5.41, 5.74) is 2.77. The van der Waals surface area contributed by atoms with E-state index in [0.717, 1.165) is 11.1 Å². The van der Waals surface area contributed by atoms with Crippen LogP contribution < -0.4 is 9.46 Å². The molecule has 13 heteroatoms. The summed E-state index contributed by atoms with van der Waals surface area (Å²) >= 11 is 0. The molecule has 1 aliphatic heterocycles. The van der Waals surface area contributed by atoms with Crippen LogP contribution in [0.1, 0.15) is 61.9 Å². The van der Waals surface area contributed by atoms with Gasteiger partial charge in [0.1, 0.15) is 5.76 Å². The maximum atomic E-state index is 13.2. The van der Waals surface area contributed by atoms with Crippen LogP contribution >= 0.6 is 0 Å². The molecule has 38 heavy (non-hydrogen) atoms. The number of hydrogen-bond acceptors (Lipinski definition) is 8. The Morgan fingerprint density at radius 3 is 2.50 bits per heavy atom. The highest BCUT2D eigenvalue weighted by molar-refractivity contribution is 7.92. The van der Waals surface area contributed by atoms with Crippen LogP contribution in [0.15, 0.2) is 40.0 Å². The first-order valence-electron chi connectivity index (χ1n) is 12.0. The van der Waals surface area contributed by atoms with Gasteiger partial charge in [0.05, 0.1) is 29.0 Å². The van der Waals surface area contributed by atoms with E-state index in [1.807, 2.05) is 33.8 Å². The molecular weight excluding hydrogens is 523 g/mol. The lowest BCUT2D eigenvalue weighted by molar-refractivity contribution is -0.154. The molecule has 1 atom stereocenters. The molecule has 4 rings (SSSR count). The van der Waals surface area contributed by atoms with Crippen molar-refractivity contribution in [2.24, 2.45) is 0 Å². The van der Waals surface area contributed by atoms with Crippen molar-refractivity contribution in [1.82, 2.24) is 20.0 Å². The van der Waals surface area contributed by atoms with Crippen molar-refractivity contribution >= 4 is 15.8 Å². The summed E-state index contributed by atoms with van der Waals surface area (Å²) in [7, 11) is -3.92. The Bertz CT molecular complexity index is 1400. The van der Waals surface area contributed by atoms with Gasteiger partial charge in [-0.1, -0.05) is 32.0 Å². The number of halogens is 3. The van der Waals surface area contributed by atoms with Gasteiger partial charge in [0.2, 0.25) is 5.88 Å². The van der Waals surface area contributed by atoms with Crippen LogP contribution in [0.5, 0.6) is 5.88 Å². The van der Waals surface area contributed by atoms with Crippen molar-refractivity contribution in [2.75, 3.05) is 17.9 Å². The van der Waals surface area contributed by atoms with Gasteiger partial charge in [-0.3, -0.25) is 14.6 Å². The normalized spacial score (nSPS) is 15.7. The van der Waals surface area contributed by atoms with E-state index in [2.05, 4.69) is 29.5 Å². The largest absolute Gasteiger partial charge is 0.467 e. The number of rotatable bonds is 7. The number of alkyl halides is 3. The van der Waals surface area contributed by atoms with E-state index < -0.39 is 22.8 Å². The SMILES string of the molecule is Cc1c(NS(=O)(=O)c2ccc3c(c2)CN(C(C)c2cnc(OCC(F)(F)F)cn2)CC3)noc1C(C)(C)C. The molecule has 2 aromatic heterocycles. The molecule has 3 aromatic rings. The number of benzene rings is 1. The maximum Gasteiger partial charge on any atom is 0.422 e. The lowest BCUT2D eigenvalue weighted by Crippen LogP contribution is -2.33. The van der Waals surface area contributed by atoms with E-state index in [-0.39, 0.29) is 28.1 Å². The van der Waals surface area contributed by atoms with Gasteiger partial charge in [-0.2, -0.15) is 13.2 Å². The predicted octanol–water partition coefficient (Wildman–Crippen LogP) is 4.93. The average Bonchev–Trinajstić information content (AvgIpc) is 3.21. The Balaban J connectivity index is 1.48. The third kappa shape index (κ3) is 6.26. The second-order valence-electron chi connectivity index (χ2n) is 10.4. The molecule has 0 saturated heterocycles. The van der Waals surface area contributed by atoms with Gasteiger partial charge in [-0.05, 0) is 43.5 Å². The Hall–Kier alpha value is -3.19. The van der Waals surface area contributed by atoms with Crippen LogP contribution in [0.4, 0.5) is 19.0 Å². The summed E-state index contributed by atoms with van der Waals surface area (Å²) < 4.78 is 76.0. The highest BCUT2D eigenvalue weighted by atomic mass is 32.2. The Morgan fingerprint density at radius 1 is 1.16 bits per heavy atom. The van der Waals surface area contributed by atoms with Gasteiger partial charge in [0, 0.05) is 24.1 Å². The summed E-state index contributed by atoms with van der Waals surface area (Å²) in [6.07, 6.45) is -1.20. The number of ether oxygens (including phenoxy) is 1. The van der Waals surface area contributed by atoms with E-state index >= 15 is 0 Å². The van der Waals surface area contributed by atoms with Crippen LogP contribution in [0.2, 0.25) is 0 Å². The molecule has 0 aliphatic carbocycles. The Labute approximate surface area is 219 Å². The van der Waals surface area contributed by atoms with E-state index in [1.165, 1.54) is 12.4 Å². The highest BCUT2D eigenvalue weighted by Gasteiger charge is 2.30. The molecule has 206 valence electrons. The average molecular weight is 554 g/mol. The summed E-state index contributed by atoms with van der Waals surface area (Å²) in [5.74, 6) is 0.555. The first-order chi connectivity index (χ1) is 17.6. The number of aromatic nitrogens is 3. The highest BCUT2D eigenvalue weighted by Crippen LogP contribution is 2.32. The molecule has 0 bridgehead atoms. The monoisotopic (exact) mass is 553 g/mol. The fraction of sp³-hybridized carbons (Fsp3) is 0.480. The zero-order valence-corrected chi connectivity index (χ0v) is 22.6. The number of hydrogen-bond donors (Lipinski definition) is 1. The minimum Gasteiger partial charge on any atom is -0.467 e. The molecule has 0 saturated carbocycles. The minimum absolute atomic E-state index is 0.108. The summed E-state index contributed by atoms with van der Waals surface area (Å²) in [6, 6.07) is 4.83. The van der Waals surface area contributed by atoms with Crippen molar-refractivity contribution < 1.29 is 30.8 Å². The minimum atomic E-state index is -4.46. The lowest BCUT2D eigenvalue weighted by Gasteiger charge is -2.33. The zero-order valence-electron chi connectivity index (χ0n) is 21.8. The standard InChI is InChI=1S/C25H30F3N5O4S/c1-15-22(24(3,4)5)37-31-23(15)32-38(34,35)19-7-6-17-8-9-33(13-18(17)10-19)16(2)20-11-30-21(12-29-20)36-14-25(26,27)28/h6-7,10-12,16H,8-9,13-14H2,1-5H3,(H,31,32). The van der Waals surface area contributed by atoms with E-state index in [4.69, 9.17) is 4.52 Å². The van der Waals surface area contributed by atoms with Crippen LogP contribution in [0.3, 0.4) is 0 Å². The first-order valence-corrected chi connectivity index (χ1v) is 13.5. The number of anilines is 1. The molecular formula is C25H30F3N5O4S. The van der Waals surface area contributed by atoms with Crippen LogP contribution in [-0.2, 0) is 28.4 Å². The molecule has 1 unspecified atom stereocenters. The Kier molecular flexibility index (Phi) is 7.45. The van der Waals surface area contributed by atoms with Crippen molar-refractivity contribution in [3.8, 4) is 5.88 Å². The van der Waals surface area contributed by atoms with Gasteiger partial charge >= 0.3 is 6.18 Å².